The average Bonchev–Trinajstić information content (AvgIpc) is 3.65. The maximum atomic E-state index is 13.1. The first kappa shape index (κ1) is 29.8. The van der Waals surface area contributed by atoms with Gasteiger partial charge in [0.25, 0.3) is 0 Å². The average molecular weight is 601 g/mol. The largest absolute Gasteiger partial charge is 0.467 e. The Morgan fingerprint density at radius 1 is 1.19 bits per heavy atom. The number of nitriles is 1. The number of rotatable bonds is 6. The molecule has 1 unspecified atom stereocenters. The maximum Gasteiger partial charge on any atom is 0.410 e. The molecule has 0 spiro atoms. The Hall–Kier alpha value is -4.68. The SMILES string of the molecule is Cc1c(-c2cc(OC(C)c3nncn3CC(F)(F)F)n3c(C#N)cnc3c2)nnn1C1CCN(C(=O)OC(C)(C)C)CC1. The first-order chi connectivity index (χ1) is 20.2. The van der Waals surface area contributed by atoms with Gasteiger partial charge < -0.3 is 18.9 Å². The molecule has 0 bridgehead atoms. The fraction of sp³-hybridized carbons (Fsp3) is 0.519. The van der Waals surface area contributed by atoms with Gasteiger partial charge in [0, 0.05) is 24.7 Å². The molecule has 0 aliphatic carbocycles. The van der Waals surface area contributed by atoms with Crippen molar-refractivity contribution < 1.29 is 27.4 Å². The molecule has 0 aromatic carbocycles. The van der Waals surface area contributed by atoms with E-state index in [2.05, 4.69) is 31.6 Å². The fourth-order valence-corrected chi connectivity index (χ4v) is 5.08. The molecule has 4 aromatic rings. The summed E-state index contributed by atoms with van der Waals surface area (Å²) in [5, 5.41) is 25.9. The lowest BCUT2D eigenvalue weighted by Gasteiger charge is -2.33. The first-order valence-electron chi connectivity index (χ1n) is 13.7. The van der Waals surface area contributed by atoms with Gasteiger partial charge in [0.1, 0.15) is 41.6 Å². The second-order valence-electron chi connectivity index (χ2n) is 11.4. The van der Waals surface area contributed by atoms with Crippen molar-refractivity contribution in [3.63, 3.8) is 0 Å². The summed E-state index contributed by atoms with van der Waals surface area (Å²) in [4.78, 5) is 18.5. The van der Waals surface area contributed by atoms with Crippen molar-refractivity contribution in [1.29, 1.82) is 5.26 Å². The van der Waals surface area contributed by atoms with Crippen LogP contribution >= 0.6 is 0 Å². The van der Waals surface area contributed by atoms with Gasteiger partial charge in [-0.05, 0) is 53.5 Å². The van der Waals surface area contributed by atoms with Crippen LogP contribution in [-0.4, -0.2) is 75.0 Å². The zero-order valence-corrected chi connectivity index (χ0v) is 24.3. The zero-order chi connectivity index (χ0) is 31.1. The predicted octanol–water partition coefficient (Wildman–Crippen LogP) is 4.64. The number of ether oxygens (including phenoxy) is 2. The van der Waals surface area contributed by atoms with Crippen LogP contribution in [0.5, 0.6) is 5.88 Å². The monoisotopic (exact) mass is 600 g/mol. The van der Waals surface area contributed by atoms with Gasteiger partial charge in [0.05, 0.1) is 17.9 Å². The van der Waals surface area contributed by atoms with Crippen LogP contribution in [-0.2, 0) is 11.3 Å². The smallest absolute Gasteiger partial charge is 0.410 e. The third kappa shape index (κ3) is 6.40. The molecule has 1 saturated heterocycles. The predicted molar refractivity (Wildman–Crippen MR) is 145 cm³/mol. The number of fused-ring (bicyclic) bond motifs is 1. The lowest BCUT2D eigenvalue weighted by atomic mass is 10.0. The van der Waals surface area contributed by atoms with Crippen molar-refractivity contribution in [3.05, 3.63) is 41.9 Å². The quantitative estimate of drug-likeness (QED) is 0.309. The van der Waals surface area contributed by atoms with Crippen molar-refractivity contribution in [3.8, 4) is 23.2 Å². The third-order valence-corrected chi connectivity index (χ3v) is 7.01. The summed E-state index contributed by atoms with van der Waals surface area (Å²) in [5.74, 6) is 0.129. The van der Waals surface area contributed by atoms with E-state index in [4.69, 9.17) is 9.47 Å². The van der Waals surface area contributed by atoms with Crippen LogP contribution in [0.4, 0.5) is 18.0 Å². The highest BCUT2D eigenvalue weighted by atomic mass is 19.4. The molecular formula is C27H31F3N10O3. The minimum atomic E-state index is -4.47. The van der Waals surface area contributed by atoms with Crippen molar-refractivity contribution in [2.45, 2.75) is 77.9 Å². The molecule has 1 amide bonds. The van der Waals surface area contributed by atoms with Gasteiger partial charge >= 0.3 is 12.3 Å². The van der Waals surface area contributed by atoms with Gasteiger partial charge in [-0.1, -0.05) is 5.21 Å². The van der Waals surface area contributed by atoms with Gasteiger partial charge in [0.15, 0.2) is 11.9 Å². The van der Waals surface area contributed by atoms with Crippen LogP contribution in [0, 0.1) is 18.3 Å². The topological polar surface area (TPSA) is 141 Å². The highest BCUT2D eigenvalue weighted by molar-refractivity contribution is 5.69. The molecule has 1 atom stereocenters. The number of piperidine rings is 1. The van der Waals surface area contributed by atoms with Crippen molar-refractivity contribution >= 4 is 11.7 Å². The molecule has 0 N–H and O–H groups in total. The number of halogens is 3. The Morgan fingerprint density at radius 3 is 2.56 bits per heavy atom. The number of likely N-dealkylation sites (tertiary alicyclic amines) is 1. The van der Waals surface area contributed by atoms with Crippen LogP contribution in [0.3, 0.4) is 0 Å². The van der Waals surface area contributed by atoms with Gasteiger partial charge in [-0.25, -0.2) is 14.5 Å². The number of alkyl halides is 3. The van der Waals surface area contributed by atoms with Crippen molar-refractivity contribution in [2.24, 2.45) is 0 Å². The standard InChI is InChI=1S/C27H31F3N10O3/c1-16-23(34-36-40(16)19-6-8-37(9-7-19)25(41)43-26(3,4)5)18-10-21-32-13-20(12-31)39(21)22(11-18)42-17(2)24-35-33-15-38(24)14-27(28,29)30/h10-11,13,15,17,19H,6-9,14H2,1-5H3. The van der Waals surface area contributed by atoms with Crippen LogP contribution < -0.4 is 4.74 Å². The van der Waals surface area contributed by atoms with E-state index in [1.54, 1.807) is 24.0 Å². The Balaban J connectivity index is 1.41. The Labute approximate surface area is 244 Å². The minimum absolute atomic E-state index is 0.0102. The van der Waals surface area contributed by atoms with E-state index in [-0.39, 0.29) is 29.5 Å². The van der Waals surface area contributed by atoms with Crippen molar-refractivity contribution in [2.75, 3.05) is 13.1 Å². The second-order valence-corrected chi connectivity index (χ2v) is 11.4. The summed E-state index contributed by atoms with van der Waals surface area (Å²) >= 11 is 0. The number of carbonyl (C=O) groups excluding carboxylic acids is 1. The molecule has 5 heterocycles. The lowest BCUT2D eigenvalue weighted by Crippen LogP contribution is -2.42. The molecule has 16 heteroatoms. The van der Waals surface area contributed by atoms with E-state index in [1.165, 1.54) is 10.6 Å². The van der Waals surface area contributed by atoms with Gasteiger partial charge in [-0.15, -0.1) is 15.3 Å². The molecule has 1 aliphatic rings. The number of hydrogen-bond acceptors (Lipinski definition) is 9. The van der Waals surface area contributed by atoms with Crippen LogP contribution in [0.25, 0.3) is 16.9 Å². The van der Waals surface area contributed by atoms with Crippen LogP contribution in [0.2, 0.25) is 0 Å². The molecular weight excluding hydrogens is 569 g/mol. The van der Waals surface area contributed by atoms with E-state index in [0.717, 1.165) is 16.6 Å². The third-order valence-electron chi connectivity index (χ3n) is 7.01. The summed E-state index contributed by atoms with van der Waals surface area (Å²) in [7, 11) is 0. The summed E-state index contributed by atoms with van der Waals surface area (Å²) in [6.07, 6.45) is -2.07. The van der Waals surface area contributed by atoms with E-state index < -0.39 is 24.4 Å². The summed E-state index contributed by atoms with van der Waals surface area (Å²) in [6.45, 7) is 8.68. The summed E-state index contributed by atoms with van der Waals surface area (Å²) < 4.78 is 55.0. The number of aromatic nitrogens is 8. The summed E-state index contributed by atoms with van der Waals surface area (Å²) in [6, 6.07) is 5.44. The van der Waals surface area contributed by atoms with Crippen molar-refractivity contribution in [1.82, 2.24) is 44.0 Å². The number of hydrogen-bond donors (Lipinski definition) is 0. The fourth-order valence-electron chi connectivity index (χ4n) is 5.08. The maximum absolute atomic E-state index is 13.1. The molecule has 43 heavy (non-hydrogen) atoms. The Morgan fingerprint density at radius 2 is 1.91 bits per heavy atom. The highest BCUT2D eigenvalue weighted by Crippen LogP contribution is 2.33. The summed E-state index contributed by atoms with van der Waals surface area (Å²) in [5.41, 5.74) is 1.91. The Kier molecular flexibility index (Phi) is 7.76. The normalized spacial score (nSPS) is 15.5. The number of nitrogens with zero attached hydrogens (tertiary/aromatic N) is 10. The van der Waals surface area contributed by atoms with Gasteiger partial charge in [-0.3, -0.25) is 4.40 Å². The number of amides is 1. The molecule has 13 nitrogen and oxygen atoms in total. The van der Waals surface area contributed by atoms with Gasteiger partial charge in [-0.2, -0.15) is 18.4 Å². The molecule has 228 valence electrons. The molecule has 1 aliphatic heterocycles. The molecule has 4 aromatic heterocycles. The molecule has 0 radical (unpaired) electrons. The molecule has 5 rings (SSSR count). The van der Waals surface area contributed by atoms with E-state index in [1.807, 2.05) is 32.4 Å². The Bertz CT molecular complexity index is 1670. The second kappa shape index (κ2) is 11.2. The highest BCUT2D eigenvalue weighted by Gasteiger charge is 2.32. The number of carbonyl (C=O) groups is 1. The lowest BCUT2D eigenvalue weighted by molar-refractivity contribution is -0.141. The van der Waals surface area contributed by atoms with Crippen LogP contribution in [0.15, 0.2) is 24.7 Å². The zero-order valence-electron chi connectivity index (χ0n) is 24.3. The minimum Gasteiger partial charge on any atom is -0.467 e. The molecule has 1 fully saturated rings. The van der Waals surface area contributed by atoms with E-state index >= 15 is 0 Å². The van der Waals surface area contributed by atoms with E-state index in [9.17, 15) is 23.2 Å². The van der Waals surface area contributed by atoms with Gasteiger partial charge in [0.2, 0.25) is 5.88 Å². The number of imidazole rings is 1. The van der Waals surface area contributed by atoms with E-state index in [0.29, 0.717) is 42.8 Å². The number of pyridine rings is 1. The first-order valence-corrected chi connectivity index (χ1v) is 13.7. The molecule has 0 saturated carbocycles. The van der Waals surface area contributed by atoms with Crippen LogP contribution in [0.1, 0.15) is 69.9 Å².